The van der Waals surface area contributed by atoms with Gasteiger partial charge in [-0.1, -0.05) is 30.3 Å². The first kappa shape index (κ1) is 13.2. The van der Waals surface area contributed by atoms with Crippen LogP contribution in [0.15, 0.2) is 48.8 Å². The van der Waals surface area contributed by atoms with E-state index < -0.39 is 0 Å². The Bertz CT molecular complexity index is 558. The van der Waals surface area contributed by atoms with Crippen molar-refractivity contribution in [2.24, 2.45) is 0 Å². The number of aromatic nitrogens is 1. The summed E-state index contributed by atoms with van der Waals surface area (Å²) in [5, 5.41) is 14.2. The first-order chi connectivity index (χ1) is 9.22. The summed E-state index contributed by atoms with van der Waals surface area (Å²) in [5.74, 6) is 0. The van der Waals surface area contributed by atoms with Gasteiger partial charge >= 0.3 is 0 Å². The van der Waals surface area contributed by atoms with Crippen molar-refractivity contribution in [3.63, 3.8) is 0 Å². The summed E-state index contributed by atoms with van der Waals surface area (Å²) < 4.78 is 0. The Morgan fingerprint density at radius 3 is 2.68 bits per heavy atom. The van der Waals surface area contributed by atoms with E-state index in [2.05, 4.69) is 10.3 Å². The molecule has 0 aliphatic carbocycles. The largest absolute Gasteiger partial charge is 0.313 e. The molecule has 1 heterocycles. The topological polar surface area (TPSA) is 68.1 Å². The van der Waals surface area contributed by atoms with Crippen LogP contribution in [0.1, 0.15) is 17.2 Å². The van der Waals surface area contributed by atoms with Gasteiger partial charge in [0.2, 0.25) is 0 Å². The molecule has 0 spiro atoms. The van der Waals surface area contributed by atoms with Crippen molar-refractivity contribution in [1.29, 1.82) is 0 Å². The van der Waals surface area contributed by atoms with Crippen molar-refractivity contribution in [3.05, 3.63) is 70.0 Å². The zero-order valence-corrected chi connectivity index (χ0v) is 10.6. The predicted octanol–water partition coefficient (Wildman–Crippen LogP) is 2.49. The van der Waals surface area contributed by atoms with Crippen LogP contribution < -0.4 is 5.32 Å². The van der Waals surface area contributed by atoms with E-state index in [1.807, 2.05) is 37.4 Å². The third kappa shape index (κ3) is 3.14. The molecule has 5 nitrogen and oxygen atoms in total. The van der Waals surface area contributed by atoms with Gasteiger partial charge in [0.15, 0.2) is 0 Å². The zero-order valence-electron chi connectivity index (χ0n) is 10.6. The minimum Gasteiger partial charge on any atom is -0.313 e. The summed E-state index contributed by atoms with van der Waals surface area (Å²) in [7, 11) is 1.85. The Kier molecular flexibility index (Phi) is 4.20. The maximum absolute atomic E-state index is 11.0. The number of likely N-dealkylation sites (N-methyl/N-ethyl adjacent to an activating group) is 1. The molecule has 19 heavy (non-hydrogen) atoms. The van der Waals surface area contributed by atoms with Crippen LogP contribution in [0.4, 0.5) is 5.69 Å². The van der Waals surface area contributed by atoms with Gasteiger partial charge < -0.3 is 5.32 Å². The monoisotopic (exact) mass is 257 g/mol. The molecule has 0 saturated heterocycles. The Labute approximate surface area is 111 Å². The molecule has 1 atom stereocenters. The van der Waals surface area contributed by atoms with E-state index in [0.29, 0.717) is 12.0 Å². The summed E-state index contributed by atoms with van der Waals surface area (Å²) in [6.07, 6.45) is 3.44. The van der Waals surface area contributed by atoms with E-state index in [1.165, 1.54) is 6.20 Å². The molecular weight excluding hydrogens is 242 g/mol. The van der Waals surface area contributed by atoms with Crippen molar-refractivity contribution >= 4 is 5.69 Å². The highest BCUT2D eigenvalue weighted by atomic mass is 16.6. The van der Waals surface area contributed by atoms with Crippen LogP contribution in [0, 0.1) is 10.1 Å². The van der Waals surface area contributed by atoms with Crippen molar-refractivity contribution in [3.8, 4) is 0 Å². The van der Waals surface area contributed by atoms with Crippen molar-refractivity contribution in [2.45, 2.75) is 12.5 Å². The van der Waals surface area contributed by atoms with Gasteiger partial charge in [-0.25, -0.2) is 0 Å². The normalized spacial score (nSPS) is 12.1. The van der Waals surface area contributed by atoms with Crippen molar-refractivity contribution < 1.29 is 4.92 Å². The predicted molar refractivity (Wildman–Crippen MR) is 72.8 cm³/mol. The standard InChI is InChI=1S/C14H15N3O2/c1-15-13(11-5-3-2-4-6-11)9-12-7-8-16-10-14(12)17(18)19/h2-8,10,13,15H,9H2,1H3. The number of hydrogen-bond acceptors (Lipinski definition) is 4. The molecule has 1 N–H and O–H groups in total. The summed E-state index contributed by atoms with van der Waals surface area (Å²) in [6.45, 7) is 0. The third-order valence-electron chi connectivity index (χ3n) is 3.06. The van der Waals surface area contributed by atoms with Crippen LogP contribution in [0.5, 0.6) is 0 Å². The van der Waals surface area contributed by atoms with E-state index in [9.17, 15) is 10.1 Å². The molecule has 0 amide bonds. The number of pyridine rings is 1. The van der Waals surface area contributed by atoms with Gasteiger partial charge in [0.25, 0.3) is 5.69 Å². The SMILES string of the molecule is CNC(Cc1ccncc1[N+](=O)[O-])c1ccccc1. The molecule has 0 saturated carbocycles. The number of nitrogens with zero attached hydrogens (tertiary/aromatic N) is 2. The second kappa shape index (κ2) is 6.06. The molecule has 2 aromatic rings. The number of benzene rings is 1. The summed E-state index contributed by atoms with van der Waals surface area (Å²) in [5.41, 5.74) is 1.86. The lowest BCUT2D eigenvalue weighted by Crippen LogP contribution is -2.19. The molecule has 0 aliphatic heterocycles. The summed E-state index contributed by atoms with van der Waals surface area (Å²) >= 11 is 0. The Balaban J connectivity index is 2.27. The van der Waals surface area contributed by atoms with Gasteiger partial charge in [-0.15, -0.1) is 0 Å². The molecule has 1 aromatic heterocycles. The van der Waals surface area contributed by atoms with Gasteiger partial charge in [-0.05, 0) is 25.1 Å². The lowest BCUT2D eigenvalue weighted by atomic mass is 9.99. The van der Waals surface area contributed by atoms with E-state index in [1.54, 1.807) is 12.3 Å². The van der Waals surface area contributed by atoms with Crippen LogP contribution in [-0.4, -0.2) is 17.0 Å². The Hall–Kier alpha value is -2.27. The van der Waals surface area contributed by atoms with E-state index in [4.69, 9.17) is 0 Å². The quantitative estimate of drug-likeness (QED) is 0.660. The molecule has 98 valence electrons. The maximum atomic E-state index is 11.0. The van der Waals surface area contributed by atoms with E-state index >= 15 is 0 Å². The molecule has 0 bridgehead atoms. The van der Waals surface area contributed by atoms with Crippen LogP contribution >= 0.6 is 0 Å². The molecule has 0 aliphatic rings. The summed E-state index contributed by atoms with van der Waals surface area (Å²) in [6, 6.07) is 11.6. The molecular formula is C14H15N3O2. The Morgan fingerprint density at radius 2 is 2.05 bits per heavy atom. The first-order valence-corrected chi connectivity index (χ1v) is 6.02. The average Bonchev–Trinajstić information content (AvgIpc) is 2.46. The van der Waals surface area contributed by atoms with Gasteiger partial charge in [0.1, 0.15) is 6.20 Å². The zero-order chi connectivity index (χ0) is 13.7. The maximum Gasteiger partial charge on any atom is 0.290 e. The highest BCUT2D eigenvalue weighted by molar-refractivity contribution is 5.38. The van der Waals surface area contributed by atoms with Crippen molar-refractivity contribution in [1.82, 2.24) is 10.3 Å². The smallest absolute Gasteiger partial charge is 0.290 e. The molecule has 0 radical (unpaired) electrons. The van der Waals surface area contributed by atoms with Crippen molar-refractivity contribution in [2.75, 3.05) is 7.05 Å². The molecule has 2 rings (SSSR count). The summed E-state index contributed by atoms with van der Waals surface area (Å²) in [4.78, 5) is 14.4. The molecule has 1 aromatic carbocycles. The van der Waals surface area contributed by atoms with Gasteiger partial charge in [-0.2, -0.15) is 0 Å². The van der Waals surface area contributed by atoms with Gasteiger partial charge in [-0.3, -0.25) is 15.1 Å². The fraction of sp³-hybridized carbons (Fsp3) is 0.214. The number of nitrogens with one attached hydrogen (secondary N) is 1. The third-order valence-corrected chi connectivity index (χ3v) is 3.06. The fourth-order valence-electron chi connectivity index (χ4n) is 2.04. The Morgan fingerprint density at radius 1 is 1.32 bits per heavy atom. The highest BCUT2D eigenvalue weighted by Gasteiger charge is 2.18. The minimum atomic E-state index is -0.389. The molecule has 1 unspecified atom stereocenters. The van der Waals surface area contributed by atoms with Crippen LogP contribution in [0.2, 0.25) is 0 Å². The lowest BCUT2D eigenvalue weighted by molar-refractivity contribution is -0.385. The van der Waals surface area contributed by atoms with Crippen LogP contribution in [0.3, 0.4) is 0 Å². The fourth-order valence-corrected chi connectivity index (χ4v) is 2.04. The van der Waals surface area contributed by atoms with E-state index in [-0.39, 0.29) is 16.7 Å². The number of nitro groups is 1. The highest BCUT2D eigenvalue weighted by Crippen LogP contribution is 2.23. The average molecular weight is 257 g/mol. The van der Waals surface area contributed by atoms with Gasteiger partial charge in [0.05, 0.1) is 4.92 Å². The van der Waals surface area contributed by atoms with E-state index in [0.717, 1.165) is 5.56 Å². The lowest BCUT2D eigenvalue weighted by Gasteiger charge is -2.16. The molecule has 0 fully saturated rings. The first-order valence-electron chi connectivity index (χ1n) is 6.02. The number of hydrogen-bond donors (Lipinski definition) is 1. The van der Waals surface area contributed by atoms with Crippen LogP contribution in [0.25, 0.3) is 0 Å². The molecule has 5 heteroatoms. The minimum absolute atomic E-state index is 0.0438. The second-order valence-corrected chi connectivity index (χ2v) is 4.22. The van der Waals surface area contributed by atoms with Gasteiger partial charge in [0, 0.05) is 17.8 Å². The number of rotatable bonds is 5. The van der Waals surface area contributed by atoms with Crippen LogP contribution in [-0.2, 0) is 6.42 Å². The second-order valence-electron chi connectivity index (χ2n) is 4.22.